The summed E-state index contributed by atoms with van der Waals surface area (Å²) in [5, 5.41) is 8.02. The van der Waals surface area contributed by atoms with Crippen molar-refractivity contribution in [2.45, 2.75) is 45.7 Å². The van der Waals surface area contributed by atoms with Crippen LogP contribution in [0.3, 0.4) is 0 Å². The molecule has 1 fully saturated rings. The first-order valence-corrected chi connectivity index (χ1v) is 8.07. The van der Waals surface area contributed by atoms with Crippen LogP contribution < -0.4 is 15.8 Å². The van der Waals surface area contributed by atoms with Gasteiger partial charge in [-0.05, 0) is 25.3 Å². The van der Waals surface area contributed by atoms with Crippen molar-refractivity contribution in [2.75, 3.05) is 25.0 Å². The Labute approximate surface area is 131 Å². The molecule has 1 aromatic rings. The van der Waals surface area contributed by atoms with E-state index in [1.165, 1.54) is 23.9 Å². The van der Waals surface area contributed by atoms with Gasteiger partial charge in [0.2, 0.25) is 0 Å². The molecule has 1 atom stereocenters. The van der Waals surface area contributed by atoms with Crippen molar-refractivity contribution in [3.05, 3.63) is 21.6 Å². The molecule has 2 heterocycles. The molecular weight excluding hydrogens is 288 g/mol. The molecule has 1 N–H and O–H groups in total. The van der Waals surface area contributed by atoms with Crippen LogP contribution in [0.2, 0.25) is 5.02 Å². The Morgan fingerprint density at radius 3 is 2.90 bits per heavy atom. The van der Waals surface area contributed by atoms with Gasteiger partial charge in [0, 0.05) is 26.2 Å². The number of anilines is 1. The van der Waals surface area contributed by atoms with Crippen molar-refractivity contribution in [1.29, 1.82) is 0 Å². The maximum Gasteiger partial charge on any atom is 0.287 e. The fraction of sp³-hybridized carbons (Fsp3) is 0.733. The minimum Gasteiger partial charge on any atom is -0.370 e. The Kier molecular flexibility index (Phi) is 5.65. The molecule has 6 heteroatoms. The lowest BCUT2D eigenvalue weighted by Gasteiger charge is -2.29. The summed E-state index contributed by atoms with van der Waals surface area (Å²) >= 11 is 6.26. The zero-order valence-corrected chi connectivity index (χ0v) is 13.9. The molecule has 0 bridgehead atoms. The Balaban J connectivity index is 2.12. The third-order valence-corrected chi connectivity index (χ3v) is 4.18. The Bertz CT molecular complexity index is 523. The Hall–Kier alpha value is -1.07. The lowest BCUT2D eigenvalue weighted by atomic mass is 10.0. The van der Waals surface area contributed by atoms with Gasteiger partial charge in [-0.3, -0.25) is 4.79 Å². The van der Waals surface area contributed by atoms with Gasteiger partial charge < -0.3 is 10.2 Å². The number of likely N-dealkylation sites (N-methyl/N-ethyl adjacent to an activating group) is 1. The maximum absolute atomic E-state index is 12.2. The Morgan fingerprint density at radius 2 is 2.29 bits per heavy atom. The molecule has 5 nitrogen and oxygen atoms in total. The van der Waals surface area contributed by atoms with Crippen LogP contribution >= 0.6 is 11.6 Å². The van der Waals surface area contributed by atoms with Crippen LogP contribution in [-0.2, 0) is 6.54 Å². The number of halogens is 1. The van der Waals surface area contributed by atoms with Crippen molar-refractivity contribution < 1.29 is 0 Å². The zero-order valence-electron chi connectivity index (χ0n) is 13.1. The highest BCUT2D eigenvalue weighted by Gasteiger charge is 2.18. The number of nitrogens with zero attached hydrogens (tertiary/aromatic N) is 3. The molecule has 1 aliphatic heterocycles. The van der Waals surface area contributed by atoms with Gasteiger partial charge in [0.05, 0.1) is 11.9 Å². The van der Waals surface area contributed by atoms with Crippen LogP contribution in [0, 0.1) is 5.92 Å². The summed E-state index contributed by atoms with van der Waals surface area (Å²) in [5.41, 5.74) is 0.514. The van der Waals surface area contributed by atoms with E-state index in [9.17, 15) is 4.79 Å². The molecule has 0 saturated carbocycles. The SMILES string of the molecule is CC(C)Cn1ncc(N(C)CC2CCCCN2)c(Cl)c1=O. The number of hydrogen-bond acceptors (Lipinski definition) is 4. The normalized spacial score (nSPS) is 19.0. The lowest BCUT2D eigenvalue weighted by molar-refractivity contribution is 0.403. The second-order valence-electron chi connectivity index (χ2n) is 6.25. The molecule has 1 unspecified atom stereocenters. The van der Waals surface area contributed by atoms with E-state index >= 15 is 0 Å². The second-order valence-corrected chi connectivity index (χ2v) is 6.63. The van der Waals surface area contributed by atoms with Gasteiger partial charge in [0.25, 0.3) is 5.56 Å². The summed E-state index contributed by atoms with van der Waals surface area (Å²) in [7, 11) is 1.96. The summed E-state index contributed by atoms with van der Waals surface area (Å²) in [5.74, 6) is 0.362. The second kappa shape index (κ2) is 7.27. The van der Waals surface area contributed by atoms with E-state index in [1.807, 2.05) is 11.9 Å². The number of rotatable bonds is 5. The Morgan fingerprint density at radius 1 is 1.52 bits per heavy atom. The number of hydrogen-bond donors (Lipinski definition) is 1. The van der Waals surface area contributed by atoms with E-state index in [0.29, 0.717) is 24.2 Å². The highest BCUT2D eigenvalue weighted by Crippen LogP contribution is 2.21. The summed E-state index contributed by atoms with van der Waals surface area (Å²) < 4.78 is 1.45. The standard InChI is InChI=1S/C15H25ClN4O/c1-11(2)9-20-15(21)14(16)13(8-18-20)19(3)10-12-6-4-5-7-17-12/h8,11-12,17H,4-7,9-10H2,1-3H3. The minimum atomic E-state index is -0.202. The molecule has 118 valence electrons. The van der Waals surface area contributed by atoms with Crippen LogP contribution in [-0.4, -0.2) is 36.0 Å². The van der Waals surface area contributed by atoms with Crippen molar-refractivity contribution in [1.82, 2.24) is 15.1 Å². The highest BCUT2D eigenvalue weighted by atomic mass is 35.5. The molecule has 0 spiro atoms. The van der Waals surface area contributed by atoms with Crippen molar-refractivity contribution in [3.8, 4) is 0 Å². The molecule has 1 aromatic heterocycles. The molecule has 0 amide bonds. The monoisotopic (exact) mass is 312 g/mol. The maximum atomic E-state index is 12.2. The zero-order chi connectivity index (χ0) is 15.4. The van der Waals surface area contributed by atoms with Crippen LogP contribution in [0.1, 0.15) is 33.1 Å². The van der Waals surface area contributed by atoms with E-state index in [0.717, 1.165) is 13.1 Å². The van der Waals surface area contributed by atoms with Gasteiger partial charge in [-0.1, -0.05) is 31.9 Å². The quantitative estimate of drug-likeness (QED) is 0.905. The molecule has 21 heavy (non-hydrogen) atoms. The van der Waals surface area contributed by atoms with Crippen molar-refractivity contribution in [2.24, 2.45) is 5.92 Å². The minimum absolute atomic E-state index is 0.202. The predicted octanol–water partition coefficient (Wildman–Crippen LogP) is 2.13. The van der Waals surface area contributed by atoms with Gasteiger partial charge in [-0.2, -0.15) is 5.10 Å². The van der Waals surface area contributed by atoms with Crippen LogP contribution in [0.15, 0.2) is 11.0 Å². The first kappa shape index (κ1) is 16.3. The summed E-state index contributed by atoms with van der Waals surface area (Å²) in [6.45, 7) is 6.61. The highest BCUT2D eigenvalue weighted by molar-refractivity contribution is 6.33. The molecule has 0 radical (unpaired) electrons. The number of aromatic nitrogens is 2. The van der Waals surface area contributed by atoms with Crippen LogP contribution in [0.5, 0.6) is 0 Å². The molecule has 0 aromatic carbocycles. The van der Waals surface area contributed by atoms with Crippen LogP contribution in [0.25, 0.3) is 0 Å². The van der Waals surface area contributed by atoms with E-state index in [1.54, 1.807) is 6.20 Å². The number of piperidine rings is 1. The fourth-order valence-corrected chi connectivity index (χ4v) is 3.00. The third kappa shape index (κ3) is 4.20. The van der Waals surface area contributed by atoms with Gasteiger partial charge in [-0.25, -0.2) is 4.68 Å². The molecule has 2 rings (SSSR count). The number of nitrogens with one attached hydrogen (secondary N) is 1. The average molecular weight is 313 g/mol. The average Bonchev–Trinajstić information content (AvgIpc) is 2.44. The third-order valence-electron chi connectivity index (χ3n) is 3.82. The van der Waals surface area contributed by atoms with Gasteiger partial charge in [-0.15, -0.1) is 0 Å². The van der Waals surface area contributed by atoms with Gasteiger partial charge in [0.1, 0.15) is 5.02 Å². The fourth-order valence-electron chi connectivity index (χ4n) is 2.71. The summed E-state index contributed by atoms with van der Waals surface area (Å²) in [6, 6.07) is 0.456. The van der Waals surface area contributed by atoms with E-state index < -0.39 is 0 Å². The topological polar surface area (TPSA) is 50.2 Å². The van der Waals surface area contributed by atoms with Crippen molar-refractivity contribution >= 4 is 17.3 Å². The van der Waals surface area contributed by atoms with Crippen molar-refractivity contribution in [3.63, 3.8) is 0 Å². The smallest absolute Gasteiger partial charge is 0.287 e. The molecule has 1 saturated heterocycles. The van der Waals surface area contributed by atoms with E-state index in [2.05, 4.69) is 24.3 Å². The molecular formula is C15H25ClN4O. The summed E-state index contributed by atoms with van der Waals surface area (Å²) in [4.78, 5) is 14.3. The first-order valence-electron chi connectivity index (χ1n) is 7.69. The van der Waals surface area contributed by atoms with Crippen LogP contribution in [0.4, 0.5) is 5.69 Å². The molecule has 1 aliphatic rings. The van der Waals surface area contributed by atoms with E-state index in [4.69, 9.17) is 11.6 Å². The largest absolute Gasteiger partial charge is 0.370 e. The lowest BCUT2D eigenvalue weighted by Crippen LogP contribution is -2.43. The predicted molar refractivity (Wildman–Crippen MR) is 87.3 cm³/mol. The van der Waals surface area contributed by atoms with E-state index in [-0.39, 0.29) is 10.6 Å². The van der Waals surface area contributed by atoms with Gasteiger partial charge >= 0.3 is 0 Å². The first-order chi connectivity index (χ1) is 9.99. The molecule has 0 aliphatic carbocycles. The van der Waals surface area contributed by atoms with Gasteiger partial charge in [0.15, 0.2) is 0 Å². The summed E-state index contributed by atoms with van der Waals surface area (Å²) in [6.07, 6.45) is 5.37.